The Bertz CT molecular complexity index is 753. The Kier molecular flexibility index (Phi) is 4.93. The van der Waals surface area contributed by atoms with Crippen molar-refractivity contribution >= 4 is 11.7 Å². The molecule has 3 rings (SSSR count). The van der Waals surface area contributed by atoms with Gasteiger partial charge in [-0.05, 0) is 25.3 Å². The van der Waals surface area contributed by atoms with Crippen LogP contribution in [0.1, 0.15) is 42.4 Å². The molecule has 0 unspecified atom stereocenters. The molecule has 8 heteroatoms. The van der Waals surface area contributed by atoms with Gasteiger partial charge >= 0.3 is 0 Å². The zero-order chi connectivity index (χ0) is 16.9. The van der Waals surface area contributed by atoms with Gasteiger partial charge in [-0.25, -0.2) is 4.98 Å². The number of nitrogens with one attached hydrogen (secondary N) is 3. The number of aryl methyl sites for hydroxylation is 1. The first-order valence-electron chi connectivity index (χ1n) is 8.31. The Morgan fingerprint density at radius 2 is 2.38 bits per heavy atom. The largest absolute Gasteiger partial charge is 0.350 e. The summed E-state index contributed by atoms with van der Waals surface area (Å²) < 4.78 is 0. The van der Waals surface area contributed by atoms with E-state index in [1.54, 1.807) is 12.3 Å². The number of anilines is 1. The summed E-state index contributed by atoms with van der Waals surface area (Å²) in [6.07, 6.45) is 6.72. The van der Waals surface area contributed by atoms with Gasteiger partial charge < -0.3 is 15.2 Å². The number of amides is 1. The van der Waals surface area contributed by atoms with Gasteiger partial charge in [-0.15, -0.1) is 0 Å². The number of nitrogens with zero attached hydrogens (tertiary/aromatic N) is 3. The molecule has 1 aliphatic heterocycles. The number of aromatic amines is 2. The predicted octanol–water partition coefficient (Wildman–Crippen LogP) is 0.844. The van der Waals surface area contributed by atoms with Crippen molar-refractivity contribution < 1.29 is 4.79 Å². The van der Waals surface area contributed by atoms with Crippen LogP contribution >= 0.6 is 0 Å². The molecule has 0 radical (unpaired) electrons. The molecule has 128 valence electrons. The second kappa shape index (κ2) is 7.29. The SMILES string of the molecule is CCCc1cc(C(=O)N[C@@H]2CCCN(c3ncc[nH]c3=O)C2)n[nH]1. The highest BCUT2D eigenvalue weighted by molar-refractivity contribution is 5.92. The van der Waals surface area contributed by atoms with Crippen molar-refractivity contribution in [3.05, 3.63) is 40.2 Å². The van der Waals surface area contributed by atoms with Crippen LogP contribution in [-0.2, 0) is 6.42 Å². The molecule has 0 aromatic carbocycles. The van der Waals surface area contributed by atoms with Crippen LogP contribution in [0.15, 0.2) is 23.3 Å². The lowest BCUT2D eigenvalue weighted by atomic mass is 10.1. The smallest absolute Gasteiger partial charge is 0.290 e. The maximum absolute atomic E-state index is 12.3. The lowest BCUT2D eigenvalue weighted by Crippen LogP contribution is -2.49. The van der Waals surface area contributed by atoms with E-state index < -0.39 is 0 Å². The Labute approximate surface area is 139 Å². The van der Waals surface area contributed by atoms with Crippen LogP contribution in [0.25, 0.3) is 0 Å². The summed E-state index contributed by atoms with van der Waals surface area (Å²) in [5.41, 5.74) is 1.17. The summed E-state index contributed by atoms with van der Waals surface area (Å²) in [6, 6.07) is 1.77. The van der Waals surface area contributed by atoms with Crippen LogP contribution in [0.5, 0.6) is 0 Å². The van der Waals surface area contributed by atoms with Gasteiger partial charge in [-0.3, -0.25) is 14.7 Å². The molecule has 1 saturated heterocycles. The monoisotopic (exact) mass is 330 g/mol. The molecular weight excluding hydrogens is 308 g/mol. The number of H-pyrrole nitrogens is 2. The summed E-state index contributed by atoms with van der Waals surface area (Å²) in [4.78, 5) is 32.9. The standard InChI is InChI=1S/C16H22N6O2/c1-2-4-11-9-13(21-20-11)15(23)19-12-5-3-8-22(10-12)14-16(24)18-7-6-17-14/h6-7,9,12H,2-5,8,10H2,1H3,(H,18,24)(H,19,23)(H,20,21)/t12-/m1/s1. The molecule has 8 nitrogen and oxygen atoms in total. The predicted molar refractivity (Wildman–Crippen MR) is 90.1 cm³/mol. The van der Waals surface area contributed by atoms with Crippen molar-refractivity contribution in [3.8, 4) is 0 Å². The van der Waals surface area contributed by atoms with Crippen LogP contribution in [0.3, 0.4) is 0 Å². The molecule has 1 aliphatic rings. The molecule has 2 aromatic rings. The number of rotatable bonds is 5. The molecule has 1 amide bonds. The van der Waals surface area contributed by atoms with Gasteiger partial charge in [-0.2, -0.15) is 5.10 Å². The van der Waals surface area contributed by atoms with E-state index in [1.165, 1.54) is 6.20 Å². The van der Waals surface area contributed by atoms with Crippen molar-refractivity contribution in [2.45, 2.75) is 38.6 Å². The molecule has 1 fully saturated rings. The lowest BCUT2D eigenvalue weighted by Gasteiger charge is -2.33. The van der Waals surface area contributed by atoms with Crippen molar-refractivity contribution in [3.63, 3.8) is 0 Å². The Morgan fingerprint density at radius 3 is 3.17 bits per heavy atom. The highest BCUT2D eigenvalue weighted by Gasteiger charge is 2.24. The van der Waals surface area contributed by atoms with E-state index in [9.17, 15) is 9.59 Å². The van der Waals surface area contributed by atoms with E-state index in [0.717, 1.165) is 37.9 Å². The molecule has 0 aliphatic carbocycles. The zero-order valence-electron chi connectivity index (χ0n) is 13.7. The average molecular weight is 330 g/mol. The van der Waals surface area contributed by atoms with Gasteiger partial charge in [0.15, 0.2) is 5.82 Å². The van der Waals surface area contributed by atoms with E-state index in [1.807, 2.05) is 4.90 Å². The van der Waals surface area contributed by atoms with E-state index in [0.29, 0.717) is 18.1 Å². The first-order valence-corrected chi connectivity index (χ1v) is 8.31. The molecule has 0 saturated carbocycles. The summed E-state index contributed by atoms with van der Waals surface area (Å²) in [5, 5.41) is 9.97. The third-order valence-electron chi connectivity index (χ3n) is 4.13. The number of aromatic nitrogens is 4. The van der Waals surface area contributed by atoms with E-state index in [4.69, 9.17) is 0 Å². The van der Waals surface area contributed by atoms with Crippen LogP contribution in [0.4, 0.5) is 5.82 Å². The third kappa shape index (κ3) is 3.64. The quantitative estimate of drug-likeness (QED) is 0.753. The summed E-state index contributed by atoms with van der Waals surface area (Å²) >= 11 is 0. The molecular formula is C16H22N6O2. The van der Waals surface area contributed by atoms with Gasteiger partial charge in [0.05, 0.1) is 0 Å². The van der Waals surface area contributed by atoms with Crippen molar-refractivity contribution in [1.82, 2.24) is 25.5 Å². The van der Waals surface area contributed by atoms with E-state index in [-0.39, 0.29) is 17.5 Å². The number of carbonyl (C=O) groups is 1. The molecule has 1 atom stereocenters. The second-order valence-corrected chi connectivity index (χ2v) is 6.03. The van der Waals surface area contributed by atoms with Crippen LogP contribution < -0.4 is 15.8 Å². The fraction of sp³-hybridized carbons (Fsp3) is 0.500. The first-order chi connectivity index (χ1) is 11.7. The van der Waals surface area contributed by atoms with Crippen LogP contribution in [0, 0.1) is 0 Å². The minimum atomic E-state index is -0.207. The van der Waals surface area contributed by atoms with Crippen LogP contribution in [0.2, 0.25) is 0 Å². The van der Waals surface area contributed by atoms with Crippen LogP contribution in [-0.4, -0.2) is 45.2 Å². The van der Waals surface area contributed by atoms with Gasteiger partial charge in [0.1, 0.15) is 5.69 Å². The topological polar surface area (TPSA) is 107 Å². The molecule has 3 heterocycles. The summed E-state index contributed by atoms with van der Waals surface area (Å²) in [7, 11) is 0. The number of piperidine rings is 1. The van der Waals surface area contributed by atoms with E-state index >= 15 is 0 Å². The molecule has 0 bridgehead atoms. The van der Waals surface area contributed by atoms with Gasteiger partial charge in [0.25, 0.3) is 11.5 Å². The maximum atomic E-state index is 12.3. The number of carbonyl (C=O) groups excluding carboxylic acids is 1. The normalized spacial score (nSPS) is 17.7. The summed E-state index contributed by atoms with van der Waals surface area (Å²) in [5.74, 6) is 0.219. The molecule has 2 aromatic heterocycles. The number of hydrogen-bond acceptors (Lipinski definition) is 5. The Hall–Kier alpha value is -2.64. The Balaban J connectivity index is 1.63. The molecule has 3 N–H and O–H groups in total. The van der Waals surface area contributed by atoms with Gasteiger partial charge in [0, 0.05) is 37.2 Å². The fourth-order valence-corrected chi connectivity index (χ4v) is 2.99. The van der Waals surface area contributed by atoms with E-state index in [2.05, 4.69) is 32.4 Å². The van der Waals surface area contributed by atoms with Crippen molar-refractivity contribution in [2.24, 2.45) is 0 Å². The maximum Gasteiger partial charge on any atom is 0.290 e. The first kappa shape index (κ1) is 16.2. The highest BCUT2D eigenvalue weighted by atomic mass is 16.2. The fourth-order valence-electron chi connectivity index (χ4n) is 2.99. The highest BCUT2D eigenvalue weighted by Crippen LogP contribution is 2.14. The second-order valence-electron chi connectivity index (χ2n) is 6.03. The molecule has 24 heavy (non-hydrogen) atoms. The molecule has 0 spiro atoms. The number of hydrogen-bond donors (Lipinski definition) is 3. The lowest BCUT2D eigenvalue weighted by molar-refractivity contribution is 0.0928. The third-order valence-corrected chi connectivity index (χ3v) is 4.13. The Morgan fingerprint density at radius 1 is 1.50 bits per heavy atom. The van der Waals surface area contributed by atoms with Crippen molar-refractivity contribution in [2.75, 3.05) is 18.0 Å². The van der Waals surface area contributed by atoms with Gasteiger partial charge in [-0.1, -0.05) is 13.3 Å². The van der Waals surface area contributed by atoms with Crippen molar-refractivity contribution in [1.29, 1.82) is 0 Å². The minimum Gasteiger partial charge on any atom is -0.350 e. The average Bonchev–Trinajstić information content (AvgIpc) is 3.05. The summed E-state index contributed by atoms with van der Waals surface area (Å²) in [6.45, 7) is 3.41. The van der Waals surface area contributed by atoms with Gasteiger partial charge in [0.2, 0.25) is 0 Å². The zero-order valence-corrected chi connectivity index (χ0v) is 13.7. The minimum absolute atomic E-state index is 0.0287.